The van der Waals surface area contributed by atoms with Crippen LogP contribution in [0.4, 0.5) is 0 Å². The molecule has 126 valence electrons. The summed E-state index contributed by atoms with van der Waals surface area (Å²) in [4.78, 5) is 13.9. The van der Waals surface area contributed by atoms with Crippen LogP contribution in [0.15, 0.2) is 48.5 Å². The van der Waals surface area contributed by atoms with Gasteiger partial charge in [-0.25, -0.2) is 0 Å². The molecule has 2 aromatic rings. The van der Waals surface area contributed by atoms with Crippen molar-refractivity contribution in [1.29, 1.82) is 0 Å². The lowest BCUT2D eigenvalue weighted by molar-refractivity contribution is -0.125. The second-order valence-corrected chi connectivity index (χ2v) is 5.70. The number of nitrogens with zero attached hydrogens (tertiary/aromatic N) is 1. The van der Waals surface area contributed by atoms with Gasteiger partial charge in [0.1, 0.15) is 11.5 Å². The number of carbonyl (C=O) groups is 1. The summed E-state index contributed by atoms with van der Waals surface area (Å²) in [6, 6.07) is 12.9. The van der Waals surface area contributed by atoms with Crippen LogP contribution in [-0.2, 0) is 11.3 Å². The third-order valence-electron chi connectivity index (χ3n) is 3.56. The molecule has 1 amide bonds. The summed E-state index contributed by atoms with van der Waals surface area (Å²) < 4.78 is 10.5. The molecule has 24 heavy (non-hydrogen) atoms. The molecular formula is C19H20ClNO3. The molecule has 2 aromatic carbocycles. The van der Waals surface area contributed by atoms with Crippen molar-refractivity contribution in [2.75, 3.05) is 21.3 Å². The summed E-state index contributed by atoms with van der Waals surface area (Å²) >= 11 is 5.87. The second-order valence-electron chi connectivity index (χ2n) is 5.26. The third-order valence-corrected chi connectivity index (χ3v) is 3.81. The van der Waals surface area contributed by atoms with Crippen LogP contribution in [0.3, 0.4) is 0 Å². The molecule has 0 radical (unpaired) electrons. The molecule has 0 aliphatic rings. The van der Waals surface area contributed by atoms with Gasteiger partial charge >= 0.3 is 0 Å². The van der Waals surface area contributed by atoms with Gasteiger partial charge < -0.3 is 14.4 Å². The van der Waals surface area contributed by atoms with Gasteiger partial charge in [-0.15, -0.1) is 0 Å². The number of methoxy groups -OCH3 is 2. The van der Waals surface area contributed by atoms with Gasteiger partial charge in [-0.1, -0.05) is 23.7 Å². The minimum absolute atomic E-state index is 0.0946. The van der Waals surface area contributed by atoms with E-state index in [2.05, 4.69) is 0 Å². The molecule has 2 rings (SSSR count). The summed E-state index contributed by atoms with van der Waals surface area (Å²) in [5.41, 5.74) is 1.83. The Labute approximate surface area is 147 Å². The average molecular weight is 346 g/mol. The molecule has 0 aromatic heterocycles. The SMILES string of the molecule is COc1ccc(C=CC(=O)N(C)Cc2ccc(Cl)cc2)c(OC)c1. The lowest BCUT2D eigenvalue weighted by Gasteiger charge is -2.15. The second kappa shape index (κ2) is 8.41. The first-order chi connectivity index (χ1) is 11.5. The molecule has 4 nitrogen and oxygen atoms in total. The smallest absolute Gasteiger partial charge is 0.246 e. The summed E-state index contributed by atoms with van der Waals surface area (Å²) in [6.07, 6.45) is 3.26. The Kier molecular flexibility index (Phi) is 6.27. The van der Waals surface area contributed by atoms with E-state index < -0.39 is 0 Å². The Morgan fingerprint density at radius 2 is 1.83 bits per heavy atom. The van der Waals surface area contributed by atoms with Crippen LogP contribution in [-0.4, -0.2) is 32.1 Å². The quantitative estimate of drug-likeness (QED) is 0.742. The van der Waals surface area contributed by atoms with Gasteiger partial charge in [0.15, 0.2) is 0 Å². The predicted molar refractivity (Wildman–Crippen MR) is 96.5 cm³/mol. The number of rotatable bonds is 6. The van der Waals surface area contributed by atoms with Crippen LogP contribution in [0.2, 0.25) is 5.02 Å². The molecule has 0 heterocycles. The number of hydrogen-bond acceptors (Lipinski definition) is 3. The van der Waals surface area contributed by atoms with Crippen molar-refractivity contribution < 1.29 is 14.3 Å². The van der Waals surface area contributed by atoms with Gasteiger partial charge in [0.05, 0.1) is 14.2 Å². The Bertz CT molecular complexity index is 726. The van der Waals surface area contributed by atoms with E-state index in [9.17, 15) is 4.79 Å². The molecule has 0 aliphatic carbocycles. The fourth-order valence-electron chi connectivity index (χ4n) is 2.19. The largest absolute Gasteiger partial charge is 0.497 e. The molecule has 0 aliphatic heterocycles. The molecule has 0 N–H and O–H groups in total. The maximum absolute atomic E-state index is 12.3. The molecule has 0 saturated heterocycles. The molecule has 0 bridgehead atoms. The first-order valence-corrected chi connectivity index (χ1v) is 7.81. The van der Waals surface area contributed by atoms with Gasteiger partial charge in [0.25, 0.3) is 0 Å². The molecule has 0 fully saturated rings. The van der Waals surface area contributed by atoms with Crippen molar-refractivity contribution in [3.05, 3.63) is 64.7 Å². The fraction of sp³-hybridized carbons (Fsp3) is 0.211. The maximum Gasteiger partial charge on any atom is 0.246 e. The van der Waals surface area contributed by atoms with Crippen LogP contribution in [0.5, 0.6) is 11.5 Å². The Morgan fingerprint density at radius 3 is 2.46 bits per heavy atom. The Balaban J connectivity index is 2.05. The zero-order valence-electron chi connectivity index (χ0n) is 14.0. The van der Waals surface area contributed by atoms with Crippen LogP contribution in [0.1, 0.15) is 11.1 Å². The normalized spacial score (nSPS) is 10.7. The number of ether oxygens (including phenoxy) is 2. The van der Waals surface area contributed by atoms with Gasteiger partial charge in [0, 0.05) is 36.3 Å². The zero-order chi connectivity index (χ0) is 17.5. The van der Waals surface area contributed by atoms with Gasteiger partial charge in [-0.3, -0.25) is 4.79 Å². The summed E-state index contributed by atoms with van der Waals surface area (Å²) in [5, 5.41) is 0.680. The van der Waals surface area contributed by atoms with Crippen molar-refractivity contribution in [1.82, 2.24) is 4.90 Å². The maximum atomic E-state index is 12.3. The summed E-state index contributed by atoms with van der Waals surface area (Å²) in [7, 11) is 4.94. The van der Waals surface area contributed by atoms with Crippen molar-refractivity contribution in [2.24, 2.45) is 0 Å². The van der Waals surface area contributed by atoms with Crippen molar-refractivity contribution in [2.45, 2.75) is 6.54 Å². The van der Waals surface area contributed by atoms with Gasteiger partial charge in [-0.2, -0.15) is 0 Å². The summed E-state index contributed by atoms with van der Waals surface area (Å²) in [5.74, 6) is 1.26. The van der Waals surface area contributed by atoms with E-state index in [1.165, 1.54) is 6.08 Å². The molecular weight excluding hydrogens is 326 g/mol. The standard InChI is InChI=1S/C19H20ClNO3/c1-21(13-14-4-8-16(20)9-5-14)19(22)11-7-15-6-10-17(23-2)12-18(15)24-3/h4-12H,13H2,1-3H3. The monoisotopic (exact) mass is 345 g/mol. The predicted octanol–water partition coefficient (Wildman–Crippen LogP) is 4.03. The number of hydrogen-bond donors (Lipinski definition) is 0. The lowest BCUT2D eigenvalue weighted by atomic mass is 10.1. The fourth-order valence-corrected chi connectivity index (χ4v) is 2.31. The number of amides is 1. The van der Waals surface area contributed by atoms with Crippen LogP contribution in [0.25, 0.3) is 6.08 Å². The van der Waals surface area contributed by atoms with E-state index in [1.54, 1.807) is 38.3 Å². The first-order valence-electron chi connectivity index (χ1n) is 7.43. The highest BCUT2D eigenvalue weighted by Crippen LogP contribution is 2.25. The molecule has 0 saturated carbocycles. The van der Waals surface area contributed by atoms with E-state index in [4.69, 9.17) is 21.1 Å². The molecule has 0 atom stereocenters. The topological polar surface area (TPSA) is 38.8 Å². The highest BCUT2D eigenvalue weighted by atomic mass is 35.5. The number of halogens is 1. The first kappa shape index (κ1) is 17.9. The highest BCUT2D eigenvalue weighted by molar-refractivity contribution is 6.30. The number of likely N-dealkylation sites (N-methyl/N-ethyl adjacent to an activating group) is 1. The van der Waals surface area contributed by atoms with E-state index in [0.717, 1.165) is 11.1 Å². The minimum atomic E-state index is -0.0946. The van der Waals surface area contributed by atoms with Gasteiger partial charge in [-0.05, 0) is 35.9 Å². The molecule has 0 unspecified atom stereocenters. The molecule has 0 spiro atoms. The summed E-state index contributed by atoms with van der Waals surface area (Å²) in [6.45, 7) is 0.514. The molecule has 5 heteroatoms. The minimum Gasteiger partial charge on any atom is -0.497 e. The number of carbonyl (C=O) groups excluding carboxylic acids is 1. The van der Waals surface area contributed by atoms with Crippen molar-refractivity contribution in [3.63, 3.8) is 0 Å². The van der Waals surface area contributed by atoms with Crippen LogP contribution >= 0.6 is 11.6 Å². The van der Waals surface area contributed by atoms with E-state index >= 15 is 0 Å². The number of benzene rings is 2. The Morgan fingerprint density at radius 1 is 1.12 bits per heavy atom. The lowest BCUT2D eigenvalue weighted by Crippen LogP contribution is -2.24. The van der Waals surface area contributed by atoms with E-state index in [-0.39, 0.29) is 5.91 Å². The third kappa shape index (κ3) is 4.77. The van der Waals surface area contributed by atoms with Crippen LogP contribution in [0, 0.1) is 0 Å². The van der Waals surface area contributed by atoms with Crippen molar-refractivity contribution >= 4 is 23.6 Å². The van der Waals surface area contributed by atoms with Crippen LogP contribution < -0.4 is 9.47 Å². The zero-order valence-corrected chi connectivity index (χ0v) is 14.7. The average Bonchev–Trinajstić information content (AvgIpc) is 2.61. The van der Waals surface area contributed by atoms with Crippen molar-refractivity contribution in [3.8, 4) is 11.5 Å². The van der Waals surface area contributed by atoms with E-state index in [1.807, 2.05) is 36.4 Å². The van der Waals surface area contributed by atoms with E-state index in [0.29, 0.717) is 23.1 Å². The highest BCUT2D eigenvalue weighted by Gasteiger charge is 2.07. The van der Waals surface area contributed by atoms with Gasteiger partial charge in [0.2, 0.25) is 5.91 Å². The Hall–Kier alpha value is -2.46.